The Hall–Kier alpha value is -3.09. The van der Waals surface area contributed by atoms with Crippen LogP contribution in [0.4, 0.5) is 0 Å². The molecule has 0 unspecified atom stereocenters. The summed E-state index contributed by atoms with van der Waals surface area (Å²) in [5, 5.41) is 11.4. The van der Waals surface area contributed by atoms with Crippen LogP contribution in [0.2, 0.25) is 0 Å². The van der Waals surface area contributed by atoms with E-state index in [4.69, 9.17) is 14.3 Å². The maximum atomic E-state index is 12.1. The van der Waals surface area contributed by atoms with E-state index in [1.54, 1.807) is 24.3 Å². The molecule has 1 amide bonds. The number of carboxylic acid groups (broad SMARTS) is 1. The van der Waals surface area contributed by atoms with Crippen molar-refractivity contribution in [3.8, 4) is 5.75 Å². The zero-order chi connectivity index (χ0) is 18.9. The summed E-state index contributed by atoms with van der Waals surface area (Å²) in [5.41, 5.74) is 0.527. The Kier molecular flexibility index (Phi) is 6.96. The molecule has 0 spiro atoms. The van der Waals surface area contributed by atoms with E-state index in [1.165, 1.54) is 12.1 Å². The van der Waals surface area contributed by atoms with E-state index in [0.29, 0.717) is 23.7 Å². The van der Waals surface area contributed by atoms with E-state index in [0.717, 1.165) is 6.42 Å². The molecule has 0 aliphatic rings. The lowest BCUT2D eigenvalue weighted by Gasteiger charge is -2.06. The molecule has 7 nitrogen and oxygen atoms in total. The number of rotatable bonds is 10. The van der Waals surface area contributed by atoms with Crippen molar-refractivity contribution in [2.45, 2.75) is 32.7 Å². The van der Waals surface area contributed by atoms with Crippen molar-refractivity contribution in [1.29, 1.82) is 0 Å². The number of nitrogens with one attached hydrogen (secondary N) is 1. The number of hydrogen-bond acceptors (Lipinski definition) is 5. The van der Waals surface area contributed by atoms with Crippen LogP contribution in [0.3, 0.4) is 0 Å². The van der Waals surface area contributed by atoms with Crippen LogP contribution in [0.15, 0.2) is 40.8 Å². The Morgan fingerprint density at radius 1 is 1.08 bits per heavy atom. The molecule has 0 fully saturated rings. The van der Waals surface area contributed by atoms with Gasteiger partial charge in [-0.05, 0) is 42.8 Å². The van der Waals surface area contributed by atoms with Crippen LogP contribution in [-0.2, 0) is 11.3 Å². The van der Waals surface area contributed by atoms with Gasteiger partial charge in [-0.1, -0.05) is 6.92 Å². The average molecular weight is 359 g/mol. The third kappa shape index (κ3) is 5.77. The highest BCUT2D eigenvalue weighted by molar-refractivity contribution is 5.98. The molecule has 1 heterocycles. The van der Waals surface area contributed by atoms with Crippen molar-refractivity contribution >= 4 is 17.7 Å². The first-order chi connectivity index (χ1) is 12.5. The zero-order valence-corrected chi connectivity index (χ0v) is 14.5. The number of Topliss-reactive ketones (excluding diaryl/α,β-unsaturated/α-hetero) is 1. The maximum Gasteiger partial charge on any atom is 0.371 e. The van der Waals surface area contributed by atoms with E-state index in [-0.39, 0.29) is 36.8 Å². The van der Waals surface area contributed by atoms with Crippen molar-refractivity contribution in [3.05, 3.63) is 53.5 Å². The molecule has 2 N–H and O–H groups in total. The summed E-state index contributed by atoms with van der Waals surface area (Å²) in [7, 11) is 0. The van der Waals surface area contributed by atoms with Gasteiger partial charge in [0.15, 0.2) is 5.78 Å². The van der Waals surface area contributed by atoms with Crippen molar-refractivity contribution in [2.24, 2.45) is 0 Å². The summed E-state index contributed by atoms with van der Waals surface area (Å²) < 4.78 is 10.5. The topological polar surface area (TPSA) is 106 Å². The fraction of sp³-hybridized carbons (Fsp3) is 0.316. The lowest BCUT2D eigenvalue weighted by Crippen LogP contribution is -2.23. The summed E-state index contributed by atoms with van der Waals surface area (Å²) in [5.74, 6) is -0.747. The molecule has 0 aliphatic heterocycles. The Morgan fingerprint density at radius 3 is 2.42 bits per heavy atom. The molecule has 7 heteroatoms. The number of amides is 1. The smallest absolute Gasteiger partial charge is 0.371 e. The molecule has 0 aliphatic carbocycles. The van der Waals surface area contributed by atoms with Gasteiger partial charge in [0.1, 0.15) is 11.5 Å². The number of furan rings is 1. The van der Waals surface area contributed by atoms with Crippen molar-refractivity contribution in [1.82, 2.24) is 5.32 Å². The molecule has 0 radical (unpaired) electrons. The molecule has 0 saturated heterocycles. The minimum absolute atomic E-state index is 0.0411. The van der Waals surface area contributed by atoms with Gasteiger partial charge in [-0.25, -0.2) is 4.79 Å². The molecule has 2 aromatic rings. The highest BCUT2D eigenvalue weighted by atomic mass is 16.5. The summed E-state index contributed by atoms with van der Waals surface area (Å²) in [6, 6.07) is 9.64. The molecule has 1 aromatic carbocycles. The largest absolute Gasteiger partial charge is 0.494 e. The molecule has 0 bridgehead atoms. The van der Waals surface area contributed by atoms with Gasteiger partial charge in [-0.15, -0.1) is 0 Å². The number of carbonyl (C=O) groups excluding carboxylic acids is 2. The SMILES string of the molecule is CCCOc1ccc(C(=O)CCC(=O)NCc2ccc(C(=O)O)o2)cc1. The maximum absolute atomic E-state index is 12.1. The summed E-state index contributed by atoms with van der Waals surface area (Å²) >= 11 is 0. The van der Waals surface area contributed by atoms with Crippen LogP contribution >= 0.6 is 0 Å². The second-order valence-electron chi connectivity index (χ2n) is 5.64. The summed E-state index contributed by atoms with van der Waals surface area (Å²) in [4.78, 5) is 34.7. The first-order valence-corrected chi connectivity index (χ1v) is 8.34. The molecule has 138 valence electrons. The first-order valence-electron chi connectivity index (χ1n) is 8.34. The third-order valence-corrected chi connectivity index (χ3v) is 3.56. The van der Waals surface area contributed by atoms with E-state index < -0.39 is 5.97 Å². The minimum Gasteiger partial charge on any atom is -0.494 e. The standard InChI is InChI=1S/C19H21NO6/c1-2-11-25-14-5-3-13(4-6-14)16(21)8-10-18(22)20-12-15-7-9-17(26-15)19(23)24/h3-7,9H,2,8,10-12H2,1H3,(H,20,22)(H,23,24). The van der Waals surface area contributed by atoms with Gasteiger partial charge in [0.05, 0.1) is 13.2 Å². The predicted octanol–water partition coefficient (Wildman–Crippen LogP) is 3.05. The van der Waals surface area contributed by atoms with Gasteiger partial charge in [-0.2, -0.15) is 0 Å². The normalized spacial score (nSPS) is 10.3. The lowest BCUT2D eigenvalue weighted by molar-refractivity contribution is -0.121. The van der Waals surface area contributed by atoms with Crippen molar-refractivity contribution < 1.29 is 28.6 Å². The Morgan fingerprint density at radius 2 is 1.81 bits per heavy atom. The Labute approximate surface area is 151 Å². The summed E-state index contributed by atoms with van der Waals surface area (Å²) in [6.07, 6.45) is 1.03. The quantitative estimate of drug-likeness (QED) is 0.632. The zero-order valence-electron chi connectivity index (χ0n) is 14.5. The van der Waals surface area contributed by atoms with Gasteiger partial charge in [0.2, 0.25) is 11.7 Å². The molecule has 1 aromatic heterocycles. The van der Waals surface area contributed by atoms with Crippen LogP contribution < -0.4 is 10.1 Å². The molecule has 0 atom stereocenters. The van der Waals surface area contributed by atoms with E-state index in [1.807, 2.05) is 6.92 Å². The first kappa shape index (κ1) is 19.2. The van der Waals surface area contributed by atoms with Crippen LogP contribution in [0, 0.1) is 0 Å². The number of carboxylic acids is 1. The van der Waals surface area contributed by atoms with Crippen LogP contribution in [0.25, 0.3) is 0 Å². The van der Waals surface area contributed by atoms with Crippen LogP contribution in [-0.4, -0.2) is 29.4 Å². The van der Waals surface area contributed by atoms with E-state index in [2.05, 4.69) is 5.32 Å². The second kappa shape index (κ2) is 9.41. The van der Waals surface area contributed by atoms with Crippen LogP contribution in [0.1, 0.15) is 52.9 Å². The fourth-order valence-electron chi connectivity index (χ4n) is 2.19. The van der Waals surface area contributed by atoms with Gasteiger partial charge in [0, 0.05) is 18.4 Å². The number of ether oxygens (including phenoxy) is 1. The second-order valence-corrected chi connectivity index (χ2v) is 5.64. The molecule has 2 rings (SSSR count). The summed E-state index contributed by atoms with van der Waals surface area (Å²) in [6.45, 7) is 2.71. The van der Waals surface area contributed by atoms with Gasteiger partial charge >= 0.3 is 5.97 Å². The average Bonchev–Trinajstić information content (AvgIpc) is 3.12. The Balaban J connectivity index is 1.75. The fourth-order valence-corrected chi connectivity index (χ4v) is 2.19. The van der Waals surface area contributed by atoms with Crippen molar-refractivity contribution in [3.63, 3.8) is 0 Å². The van der Waals surface area contributed by atoms with Crippen molar-refractivity contribution in [2.75, 3.05) is 6.61 Å². The number of hydrogen-bond donors (Lipinski definition) is 2. The van der Waals surface area contributed by atoms with E-state index in [9.17, 15) is 14.4 Å². The lowest BCUT2D eigenvalue weighted by atomic mass is 10.1. The highest BCUT2D eigenvalue weighted by Crippen LogP contribution is 2.14. The molecular weight excluding hydrogens is 338 g/mol. The van der Waals surface area contributed by atoms with Crippen LogP contribution in [0.5, 0.6) is 5.75 Å². The van der Waals surface area contributed by atoms with Gasteiger partial charge < -0.3 is 19.6 Å². The minimum atomic E-state index is -1.17. The van der Waals surface area contributed by atoms with E-state index >= 15 is 0 Å². The number of aromatic carboxylic acids is 1. The number of benzene rings is 1. The van der Waals surface area contributed by atoms with Gasteiger partial charge in [0.25, 0.3) is 0 Å². The predicted molar refractivity (Wildman–Crippen MR) is 93.3 cm³/mol. The number of carbonyl (C=O) groups is 3. The molecule has 0 saturated carbocycles. The monoisotopic (exact) mass is 359 g/mol. The molecular formula is C19H21NO6. The Bertz CT molecular complexity index is 763. The highest BCUT2D eigenvalue weighted by Gasteiger charge is 2.12. The van der Waals surface area contributed by atoms with Gasteiger partial charge in [-0.3, -0.25) is 9.59 Å². The third-order valence-electron chi connectivity index (χ3n) is 3.56. The molecule has 26 heavy (non-hydrogen) atoms. The number of ketones is 1.